The second-order valence-electron chi connectivity index (χ2n) is 3.26. The van der Waals surface area contributed by atoms with E-state index in [1.54, 1.807) is 0 Å². The SMILES string of the molecule is N#CCCC1(C#N)CCC(N)=NC1=O. The molecule has 0 spiro atoms. The summed E-state index contributed by atoms with van der Waals surface area (Å²) in [6.45, 7) is 0. The van der Waals surface area contributed by atoms with E-state index in [9.17, 15) is 4.79 Å². The summed E-state index contributed by atoms with van der Waals surface area (Å²) < 4.78 is 0. The average Bonchev–Trinajstić information content (AvgIpc) is 2.18. The van der Waals surface area contributed by atoms with Crippen molar-refractivity contribution in [2.24, 2.45) is 16.1 Å². The molecule has 1 unspecified atom stereocenters. The number of nitriles is 2. The fourth-order valence-electron chi connectivity index (χ4n) is 1.40. The molecule has 0 saturated carbocycles. The summed E-state index contributed by atoms with van der Waals surface area (Å²) in [7, 11) is 0. The normalized spacial score (nSPS) is 26.1. The number of carbonyl (C=O) groups is 1. The first-order chi connectivity index (χ1) is 6.64. The molecule has 2 N–H and O–H groups in total. The average molecular weight is 190 g/mol. The first-order valence-electron chi connectivity index (χ1n) is 4.30. The molecule has 0 fully saturated rings. The Morgan fingerprint density at radius 1 is 1.57 bits per heavy atom. The Hall–Kier alpha value is -1.88. The fourth-order valence-corrected chi connectivity index (χ4v) is 1.40. The number of amidine groups is 1. The summed E-state index contributed by atoms with van der Waals surface area (Å²) in [5.74, 6) is -0.225. The minimum absolute atomic E-state index is 0.189. The minimum atomic E-state index is -1.11. The number of amides is 1. The van der Waals surface area contributed by atoms with E-state index in [4.69, 9.17) is 16.3 Å². The van der Waals surface area contributed by atoms with Gasteiger partial charge in [0.15, 0.2) is 0 Å². The van der Waals surface area contributed by atoms with Gasteiger partial charge >= 0.3 is 0 Å². The monoisotopic (exact) mass is 190 g/mol. The van der Waals surface area contributed by atoms with Crippen LogP contribution in [0.2, 0.25) is 0 Å². The third kappa shape index (κ3) is 1.72. The highest BCUT2D eigenvalue weighted by atomic mass is 16.1. The van der Waals surface area contributed by atoms with Gasteiger partial charge in [0.1, 0.15) is 11.3 Å². The number of aliphatic imine (C=N–C) groups is 1. The van der Waals surface area contributed by atoms with E-state index in [0.29, 0.717) is 12.8 Å². The lowest BCUT2D eigenvalue weighted by Crippen LogP contribution is -2.35. The molecule has 1 aliphatic heterocycles. The van der Waals surface area contributed by atoms with Gasteiger partial charge in [-0.15, -0.1) is 0 Å². The van der Waals surface area contributed by atoms with E-state index in [2.05, 4.69) is 4.99 Å². The second-order valence-corrected chi connectivity index (χ2v) is 3.26. The van der Waals surface area contributed by atoms with E-state index in [-0.39, 0.29) is 18.7 Å². The van der Waals surface area contributed by atoms with Gasteiger partial charge in [0, 0.05) is 12.8 Å². The van der Waals surface area contributed by atoms with Crippen molar-refractivity contribution < 1.29 is 4.79 Å². The van der Waals surface area contributed by atoms with Crippen molar-refractivity contribution in [2.45, 2.75) is 25.7 Å². The highest BCUT2D eigenvalue weighted by molar-refractivity contribution is 6.00. The molecule has 72 valence electrons. The molecule has 5 heteroatoms. The first-order valence-corrected chi connectivity index (χ1v) is 4.30. The Labute approximate surface area is 81.8 Å². The molecule has 0 radical (unpaired) electrons. The van der Waals surface area contributed by atoms with E-state index in [0.717, 1.165) is 0 Å². The molecule has 0 saturated heterocycles. The number of rotatable bonds is 2. The van der Waals surface area contributed by atoms with Crippen LogP contribution >= 0.6 is 0 Å². The Kier molecular flexibility index (Phi) is 2.83. The topological polar surface area (TPSA) is 103 Å². The van der Waals surface area contributed by atoms with Gasteiger partial charge in [-0.05, 0) is 12.8 Å². The molecular weight excluding hydrogens is 180 g/mol. The van der Waals surface area contributed by atoms with Crippen LogP contribution in [0.4, 0.5) is 0 Å². The predicted molar refractivity (Wildman–Crippen MR) is 48.8 cm³/mol. The first kappa shape index (κ1) is 10.2. The maximum Gasteiger partial charge on any atom is 0.267 e. The van der Waals surface area contributed by atoms with Crippen LogP contribution in [0.3, 0.4) is 0 Å². The van der Waals surface area contributed by atoms with Crippen molar-refractivity contribution in [3.05, 3.63) is 0 Å². The summed E-state index contributed by atoms with van der Waals surface area (Å²) in [6.07, 6.45) is 1.26. The standard InChI is InChI=1S/C9H10N4O/c10-5-1-3-9(6-11)4-2-7(12)13-8(9)14/h1-4H2,(H2,12,13,14). The largest absolute Gasteiger partial charge is 0.387 e. The van der Waals surface area contributed by atoms with Gasteiger partial charge in [-0.25, -0.2) is 0 Å². The highest BCUT2D eigenvalue weighted by Crippen LogP contribution is 2.33. The molecule has 1 rings (SSSR count). The van der Waals surface area contributed by atoms with Crippen LogP contribution in [0.25, 0.3) is 0 Å². The van der Waals surface area contributed by atoms with Crippen LogP contribution in [-0.4, -0.2) is 11.7 Å². The van der Waals surface area contributed by atoms with Crippen LogP contribution in [0, 0.1) is 28.1 Å². The van der Waals surface area contributed by atoms with E-state index in [1.807, 2.05) is 12.1 Å². The van der Waals surface area contributed by atoms with Crippen LogP contribution in [0.5, 0.6) is 0 Å². The quantitative estimate of drug-likeness (QED) is 0.683. The number of nitrogens with two attached hydrogens (primary N) is 1. The summed E-state index contributed by atoms with van der Waals surface area (Å²) in [5, 5.41) is 17.3. The van der Waals surface area contributed by atoms with Crippen molar-refractivity contribution in [1.82, 2.24) is 0 Å². The maximum atomic E-state index is 11.5. The summed E-state index contributed by atoms with van der Waals surface area (Å²) in [4.78, 5) is 15.0. The zero-order valence-electron chi connectivity index (χ0n) is 7.66. The van der Waals surface area contributed by atoms with Gasteiger partial charge in [-0.1, -0.05) is 0 Å². The number of hydrogen-bond donors (Lipinski definition) is 1. The second kappa shape index (κ2) is 3.89. The van der Waals surface area contributed by atoms with Gasteiger partial charge in [0.05, 0.1) is 12.1 Å². The molecule has 0 aromatic rings. The molecule has 1 aliphatic rings. The summed E-state index contributed by atoms with van der Waals surface area (Å²) in [6, 6.07) is 3.88. The summed E-state index contributed by atoms with van der Waals surface area (Å²) >= 11 is 0. The zero-order valence-corrected chi connectivity index (χ0v) is 7.66. The molecule has 1 heterocycles. The van der Waals surface area contributed by atoms with Crippen LogP contribution in [-0.2, 0) is 4.79 Å². The van der Waals surface area contributed by atoms with Crippen molar-refractivity contribution >= 4 is 11.7 Å². The van der Waals surface area contributed by atoms with Gasteiger partial charge in [-0.2, -0.15) is 15.5 Å². The van der Waals surface area contributed by atoms with Gasteiger partial charge in [0.2, 0.25) is 0 Å². The molecule has 1 atom stereocenters. The fraction of sp³-hybridized carbons (Fsp3) is 0.556. The van der Waals surface area contributed by atoms with Crippen molar-refractivity contribution in [3.63, 3.8) is 0 Å². The Morgan fingerprint density at radius 2 is 2.29 bits per heavy atom. The van der Waals surface area contributed by atoms with Crippen molar-refractivity contribution in [1.29, 1.82) is 10.5 Å². The van der Waals surface area contributed by atoms with Crippen LogP contribution < -0.4 is 5.73 Å². The molecule has 0 aromatic carbocycles. The third-order valence-corrected chi connectivity index (χ3v) is 2.34. The van der Waals surface area contributed by atoms with Gasteiger partial charge in [0.25, 0.3) is 5.91 Å². The van der Waals surface area contributed by atoms with E-state index in [1.165, 1.54) is 0 Å². The van der Waals surface area contributed by atoms with Gasteiger partial charge < -0.3 is 5.73 Å². The van der Waals surface area contributed by atoms with Crippen LogP contribution in [0.15, 0.2) is 4.99 Å². The Morgan fingerprint density at radius 3 is 2.79 bits per heavy atom. The van der Waals surface area contributed by atoms with Crippen LogP contribution in [0.1, 0.15) is 25.7 Å². The lowest BCUT2D eigenvalue weighted by Gasteiger charge is -2.25. The number of nitrogens with zero attached hydrogens (tertiary/aromatic N) is 3. The molecular formula is C9H10N4O. The molecule has 5 nitrogen and oxygen atoms in total. The van der Waals surface area contributed by atoms with Gasteiger partial charge in [-0.3, -0.25) is 4.79 Å². The number of carbonyl (C=O) groups excluding carboxylic acids is 1. The molecule has 1 amide bonds. The molecule has 0 bridgehead atoms. The third-order valence-electron chi connectivity index (χ3n) is 2.34. The maximum absolute atomic E-state index is 11.5. The molecule has 0 aromatic heterocycles. The Bertz CT molecular complexity index is 360. The lowest BCUT2D eigenvalue weighted by molar-refractivity contribution is -0.125. The van der Waals surface area contributed by atoms with Crippen molar-refractivity contribution in [2.75, 3.05) is 0 Å². The molecule has 0 aliphatic carbocycles. The van der Waals surface area contributed by atoms with E-state index < -0.39 is 11.3 Å². The minimum Gasteiger partial charge on any atom is -0.387 e. The van der Waals surface area contributed by atoms with Crippen molar-refractivity contribution in [3.8, 4) is 12.1 Å². The van der Waals surface area contributed by atoms with E-state index >= 15 is 0 Å². The molecule has 14 heavy (non-hydrogen) atoms. The predicted octanol–water partition coefficient (Wildman–Crippen LogP) is 0.478. The Balaban J connectivity index is 2.88. The summed E-state index contributed by atoms with van der Waals surface area (Å²) in [5.41, 5.74) is 4.27. The zero-order chi connectivity index (χ0) is 10.6. The number of hydrogen-bond acceptors (Lipinski definition) is 4. The smallest absolute Gasteiger partial charge is 0.267 e. The highest BCUT2D eigenvalue weighted by Gasteiger charge is 2.40. The lowest BCUT2D eigenvalue weighted by atomic mass is 9.78.